The van der Waals surface area contributed by atoms with Crippen molar-refractivity contribution in [2.75, 3.05) is 0 Å². The van der Waals surface area contributed by atoms with Crippen molar-refractivity contribution in [1.82, 2.24) is 9.13 Å². The van der Waals surface area contributed by atoms with Gasteiger partial charge in [-0.3, -0.25) is 18.9 Å². The molecule has 1 aromatic carbocycles. The Labute approximate surface area is 187 Å². The van der Waals surface area contributed by atoms with Gasteiger partial charge in [0.2, 0.25) is 5.88 Å². The molecule has 1 aromatic heterocycles. The summed E-state index contributed by atoms with van der Waals surface area (Å²) >= 11 is 6.20. The Morgan fingerprint density at radius 2 is 1.55 bits per heavy atom. The molecule has 4 rings (SSSR count). The standard InChI is InChI=1S/C24H30ClN3O3/c1-16-20(25)13-8-14-21(16)26-15-19-22(29)27(17-9-4-2-5-10-17)24(31)28(23(19)30)18-11-6-3-7-12-18/h8,13-15,17-18,29H,2-7,9-12H2,1H3. The SMILES string of the molecule is Cc1c(Cl)cccc1N=Cc1c(O)n(C2CCCCC2)c(=O)n(C2CCCCC2)c1=O. The normalized spacial score (nSPS) is 18.6. The van der Waals surface area contributed by atoms with Gasteiger partial charge in [0.1, 0.15) is 5.56 Å². The van der Waals surface area contributed by atoms with E-state index in [0.717, 1.165) is 69.8 Å². The van der Waals surface area contributed by atoms with E-state index in [-0.39, 0.29) is 29.2 Å². The lowest BCUT2D eigenvalue weighted by Gasteiger charge is -2.29. The number of hydrogen-bond acceptors (Lipinski definition) is 4. The van der Waals surface area contributed by atoms with Gasteiger partial charge in [0.25, 0.3) is 5.56 Å². The molecule has 31 heavy (non-hydrogen) atoms. The van der Waals surface area contributed by atoms with Gasteiger partial charge in [-0.25, -0.2) is 4.79 Å². The average Bonchev–Trinajstić information content (AvgIpc) is 2.78. The molecule has 0 unspecified atom stereocenters. The maximum absolute atomic E-state index is 13.4. The first kappa shape index (κ1) is 21.9. The highest BCUT2D eigenvalue weighted by Gasteiger charge is 2.28. The largest absolute Gasteiger partial charge is 0.494 e. The van der Waals surface area contributed by atoms with Crippen LogP contribution < -0.4 is 11.2 Å². The van der Waals surface area contributed by atoms with Gasteiger partial charge in [0.15, 0.2) is 0 Å². The zero-order valence-electron chi connectivity index (χ0n) is 18.0. The topological polar surface area (TPSA) is 76.6 Å². The summed E-state index contributed by atoms with van der Waals surface area (Å²) in [6, 6.07) is 5.18. The third-order valence-electron chi connectivity index (χ3n) is 6.78. The number of aromatic nitrogens is 2. The molecule has 0 spiro atoms. The van der Waals surface area contributed by atoms with Crippen LogP contribution in [0.5, 0.6) is 5.88 Å². The van der Waals surface area contributed by atoms with Crippen LogP contribution >= 0.6 is 11.6 Å². The molecule has 2 aliphatic rings. The number of aromatic hydroxyl groups is 1. The van der Waals surface area contributed by atoms with Gasteiger partial charge in [-0.15, -0.1) is 0 Å². The van der Waals surface area contributed by atoms with Crippen molar-refractivity contribution in [3.8, 4) is 5.88 Å². The summed E-state index contributed by atoms with van der Waals surface area (Å²) in [5.41, 5.74) is 0.677. The summed E-state index contributed by atoms with van der Waals surface area (Å²) in [6.45, 7) is 1.86. The smallest absolute Gasteiger partial charge is 0.334 e. The molecular formula is C24H30ClN3O3. The molecule has 0 saturated heterocycles. The van der Waals surface area contributed by atoms with Crippen molar-refractivity contribution in [2.45, 2.75) is 83.2 Å². The van der Waals surface area contributed by atoms with Crippen LogP contribution in [-0.4, -0.2) is 20.5 Å². The van der Waals surface area contributed by atoms with Gasteiger partial charge in [-0.1, -0.05) is 56.2 Å². The van der Waals surface area contributed by atoms with Crippen LogP contribution in [0.2, 0.25) is 5.02 Å². The van der Waals surface area contributed by atoms with E-state index in [1.807, 2.05) is 13.0 Å². The number of aliphatic imine (C=N–C) groups is 1. The fourth-order valence-electron chi connectivity index (χ4n) is 4.96. The molecule has 0 radical (unpaired) electrons. The maximum Gasteiger partial charge on any atom is 0.334 e. The maximum atomic E-state index is 13.4. The van der Waals surface area contributed by atoms with Gasteiger partial charge in [-0.05, 0) is 50.3 Å². The van der Waals surface area contributed by atoms with Gasteiger partial charge in [-0.2, -0.15) is 0 Å². The molecule has 0 aliphatic heterocycles. The van der Waals surface area contributed by atoms with E-state index in [4.69, 9.17) is 11.6 Å². The highest BCUT2D eigenvalue weighted by atomic mass is 35.5. The zero-order valence-corrected chi connectivity index (χ0v) is 18.8. The van der Waals surface area contributed by atoms with Crippen molar-refractivity contribution in [1.29, 1.82) is 0 Å². The van der Waals surface area contributed by atoms with Crippen molar-refractivity contribution in [3.63, 3.8) is 0 Å². The van der Waals surface area contributed by atoms with Gasteiger partial charge in [0, 0.05) is 23.3 Å². The summed E-state index contributed by atoms with van der Waals surface area (Å²) in [7, 11) is 0. The minimum atomic E-state index is -0.454. The molecule has 1 heterocycles. The number of halogens is 1. The molecule has 7 heteroatoms. The fraction of sp³-hybridized carbons (Fsp3) is 0.542. The second-order valence-corrected chi connectivity index (χ2v) is 9.20. The Bertz CT molecular complexity index is 1090. The molecule has 166 valence electrons. The van der Waals surface area contributed by atoms with Gasteiger partial charge < -0.3 is 5.11 Å². The lowest BCUT2D eigenvalue weighted by molar-refractivity contribution is 0.271. The van der Waals surface area contributed by atoms with Crippen LogP contribution in [0.25, 0.3) is 0 Å². The van der Waals surface area contributed by atoms with E-state index in [9.17, 15) is 14.7 Å². The van der Waals surface area contributed by atoms with E-state index in [1.54, 1.807) is 12.1 Å². The Morgan fingerprint density at radius 3 is 2.16 bits per heavy atom. The molecule has 2 aliphatic carbocycles. The monoisotopic (exact) mass is 443 g/mol. The lowest BCUT2D eigenvalue weighted by atomic mass is 9.94. The summed E-state index contributed by atoms with van der Waals surface area (Å²) in [4.78, 5) is 31.3. The highest BCUT2D eigenvalue weighted by molar-refractivity contribution is 6.31. The summed E-state index contributed by atoms with van der Waals surface area (Å²) in [6.07, 6.45) is 11.0. The Hall–Kier alpha value is -2.34. The Kier molecular flexibility index (Phi) is 6.65. The Balaban J connectivity index is 1.87. The molecular weight excluding hydrogens is 414 g/mol. The van der Waals surface area contributed by atoms with Crippen LogP contribution in [0.4, 0.5) is 5.69 Å². The quantitative estimate of drug-likeness (QED) is 0.639. The minimum Gasteiger partial charge on any atom is -0.494 e. The first-order chi connectivity index (χ1) is 15.0. The fourth-order valence-corrected chi connectivity index (χ4v) is 5.13. The van der Waals surface area contributed by atoms with E-state index in [0.29, 0.717) is 10.7 Å². The first-order valence-corrected chi connectivity index (χ1v) is 11.8. The van der Waals surface area contributed by atoms with Crippen molar-refractivity contribution >= 4 is 23.5 Å². The summed E-state index contributed by atoms with van der Waals surface area (Å²) in [5.74, 6) is -0.266. The second kappa shape index (κ2) is 9.43. The lowest BCUT2D eigenvalue weighted by Crippen LogP contribution is -2.45. The van der Waals surface area contributed by atoms with Crippen LogP contribution in [0, 0.1) is 6.92 Å². The number of benzene rings is 1. The number of hydrogen-bond donors (Lipinski definition) is 1. The molecule has 0 amide bonds. The summed E-state index contributed by atoms with van der Waals surface area (Å²) in [5, 5.41) is 11.6. The third-order valence-corrected chi connectivity index (χ3v) is 7.19. The van der Waals surface area contributed by atoms with Gasteiger partial charge >= 0.3 is 5.69 Å². The van der Waals surface area contributed by atoms with E-state index >= 15 is 0 Å². The Morgan fingerprint density at radius 1 is 0.968 bits per heavy atom. The molecule has 0 bridgehead atoms. The van der Waals surface area contributed by atoms with Crippen molar-refractivity contribution in [2.24, 2.45) is 4.99 Å². The zero-order chi connectivity index (χ0) is 22.0. The molecule has 2 fully saturated rings. The van der Waals surface area contributed by atoms with Gasteiger partial charge in [0.05, 0.1) is 5.69 Å². The number of rotatable bonds is 4. The molecule has 2 saturated carbocycles. The van der Waals surface area contributed by atoms with E-state index in [1.165, 1.54) is 15.3 Å². The van der Waals surface area contributed by atoms with Crippen molar-refractivity contribution in [3.05, 3.63) is 55.2 Å². The van der Waals surface area contributed by atoms with Crippen LogP contribution in [0.15, 0.2) is 32.8 Å². The first-order valence-electron chi connectivity index (χ1n) is 11.4. The summed E-state index contributed by atoms with van der Waals surface area (Å²) < 4.78 is 2.85. The average molecular weight is 444 g/mol. The van der Waals surface area contributed by atoms with Crippen LogP contribution in [-0.2, 0) is 0 Å². The molecule has 0 atom stereocenters. The van der Waals surface area contributed by atoms with Crippen LogP contribution in [0.1, 0.15) is 87.4 Å². The predicted molar refractivity (Wildman–Crippen MR) is 124 cm³/mol. The third kappa shape index (κ3) is 4.36. The van der Waals surface area contributed by atoms with E-state index < -0.39 is 5.56 Å². The second-order valence-electron chi connectivity index (χ2n) is 8.79. The minimum absolute atomic E-state index is 0.0788. The predicted octanol–water partition coefficient (Wildman–Crippen LogP) is 5.44. The molecule has 6 nitrogen and oxygen atoms in total. The number of nitrogens with zero attached hydrogens (tertiary/aromatic N) is 3. The van der Waals surface area contributed by atoms with Crippen molar-refractivity contribution < 1.29 is 5.11 Å². The van der Waals surface area contributed by atoms with Crippen LogP contribution in [0.3, 0.4) is 0 Å². The highest BCUT2D eigenvalue weighted by Crippen LogP contribution is 2.32. The van der Waals surface area contributed by atoms with E-state index in [2.05, 4.69) is 4.99 Å². The molecule has 2 aromatic rings. The molecule has 1 N–H and O–H groups in total.